The van der Waals surface area contributed by atoms with Crippen molar-refractivity contribution < 1.29 is 9.18 Å². The smallest absolute Gasteiger partial charge is 0.227 e. The Morgan fingerprint density at radius 3 is 2.86 bits per heavy atom. The summed E-state index contributed by atoms with van der Waals surface area (Å²) in [7, 11) is 0. The average Bonchev–Trinajstić information content (AvgIpc) is 2.98. The molecule has 2 heterocycles. The van der Waals surface area contributed by atoms with Crippen molar-refractivity contribution in [1.29, 1.82) is 0 Å². The van der Waals surface area contributed by atoms with Crippen LogP contribution in [0.4, 0.5) is 4.39 Å². The predicted molar refractivity (Wildman–Crippen MR) is 80.4 cm³/mol. The molecule has 2 aliphatic rings. The molecule has 0 unspecified atom stereocenters. The summed E-state index contributed by atoms with van der Waals surface area (Å²) in [6, 6.07) is 6.78. The molecule has 1 amide bonds. The topological polar surface area (TPSA) is 32.3 Å². The van der Waals surface area contributed by atoms with Gasteiger partial charge in [-0.2, -0.15) is 0 Å². The van der Waals surface area contributed by atoms with Gasteiger partial charge in [0, 0.05) is 12.6 Å². The molecule has 0 aliphatic carbocycles. The van der Waals surface area contributed by atoms with Crippen LogP contribution in [0.25, 0.3) is 0 Å². The van der Waals surface area contributed by atoms with E-state index in [0.717, 1.165) is 50.9 Å². The molecule has 0 saturated carbocycles. The highest BCUT2D eigenvalue weighted by atomic mass is 19.1. The van der Waals surface area contributed by atoms with E-state index in [0.29, 0.717) is 18.4 Å². The highest BCUT2D eigenvalue weighted by Crippen LogP contribution is 2.30. The number of halogens is 1. The van der Waals surface area contributed by atoms with E-state index in [-0.39, 0.29) is 11.7 Å². The van der Waals surface area contributed by atoms with Crippen molar-refractivity contribution in [2.24, 2.45) is 5.92 Å². The fourth-order valence-corrected chi connectivity index (χ4v) is 3.74. The number of piperidine rings is 1. The Morgan fingerprint density at radius 1 is 1.29 bits per heavy atom. The van der Waals surface area contributed by atoms with Crippen LogP contribution in [0.2, 0.25) is 0 Å². The van der Waals surface area contributed by atoms with Gasteiger partial charge in [0.2, 0.25) is 5.91 Å². The lowest BCUT2D eigenvalue weighted by molar-refractivity contribution is -0.132. The molecule has 2 aliphatic heterocycles. The molecule has 2 fully saturated rings. The minimum atomic E-state index is -0.267. The number of amides is 1. The van der Waals surface area contributed by atoms with Crippen LogP contribution in [0.3, 0.4) is 0 Å². The van der Waals surface area contributed by atoms with Crippen LogP contribution in [0, 0.1) is 11.7 Å². The van der Waals surface area contributed by atoms with Crippen molar-refractivity contribution in [1.82, 2.24) is 10.2 Å². The third-order valence-electron chi connectivity index (χ3n) is 4.79. The minimum absolute atomic E-state index is 0.154. The van der Waals surface area contributed by atoms with E-state index >= 15 is 0 Å². The second kappa shape index (κ2) is 6.56. The van der Waals surface area contributed by atoms with Crippen LogP contribution in [0.1, 0.15) is 31.2 Å². The summed E-state index contributed by atoms with van der Waals surface area (Å²) in [4.78, 5) is 14.6. The van der Waals surface area contributed by atoms with Crippen molar-refractivity contribution in [2.45, 2.75) is 38.1 Å². The fraction of sp³-hybridized carbons (Fsp3) is 0.588. The molecule has 3 nitrogen and oxygen atoms in total. The van der Waals surface area contributed by atoms with Crippen molar-refractivity contribution in [3.05, 3.63) is 35.6 Å². The predicted octanol–water partition coefficient (Wildman–Crippen LogP) is 2.36. The summed E-state index contributed by atoms with van der Waals surface area (Å²) in [5, 5.41) is 3.38. The molecule has 21 heavy (non-hydrogen) atoms. The summed E-state index contributed by atoms with van der Waals surface area (Å²) >= 11 is 0. The molecule has 0 bridgehead atoms. The largest absolute Gasteiger partial charge is 0.339 e. The Morgan fingerprint density at radius 2 is 2.10 bits per heavy atom. The first kappa shape index (κ1) is 14.5. The third kappa shape index (κ3) is 3.43. The van der Waals surface area contributed by atoms with Gasteiger partial charge >= 0.3 is 0 Å². The summed E-state index contributed by atoms with van der Waals surface area (Å²) in [6.07, 6.45) is 4.87. The zero-order valence-corrected chi connectivity index (χ0v) is 12.4. The summed E-state index contributed by atoms with van der Waals surface area (Å²) < 4.78 is 13.2. The monoisotopic (exact) mass is 290 g/mol. The summed E-state index contributed by atoms with van der Waals surface area (Å²) in [5.41, 5.74) is 0.774. The van der Waals surface area contributed by atoms with Gasteiger partial charge in [-0.1, -0.05) is 12.1 Å². The maximum atomic E-state index is 13.2. The average molecular weight is 290 g/mol. The fourth-order valence-electron chi connectivity index (χ4n) is 3.74. The van der Waals surface area contributed by atoms with Gasteiger partial charge in [-0.05, 0) is 62.4 Å². The molecular formula is C17H23FN2O. The molecule has 114 valence electrons. The molecular weight excluding hydrogens is 267 g/mol. The Bertz CT molecular complexity index is 499. The van der Waals surface area contributed by atoms with Crippen LogP contribution < -0.4 is 5.32 Å². The molecule has 1 atom stereocenters. The second-order valence-electron chi connectivity index (χ2n) is 6.19. The van der Waals surface area contributed by atoms with Gasteiger partial charge in [-0.25, -0.2) is 4.39 Å². The van der Waals surface area contributed by atoms with E-state index in [2.05, 4.69) is 10.2 Å². The molecule has 0 aromatic heterocycles. The van der Waals surface area contributed by atoms with E-state index in [4.69, 9.17) is 0 Å². The Kier molecular flexibility index (Phi) is 4.54. The number of likely N-dealkylation sites (tertiary alicyclic amines) is 1. The van der Waals surface area contributed by atoms with Gasteiger partial charge in [0.15, 0.2) is 0 Å². The normalized spacial score (nSPS) is 23.5. The van der Waals surface area contributed by atoms with Gasteiger partial charge < -0.3 is 10.2 Å². The standard InChI is InChI=1S/C17H23FN2O/c18-15-4-1-3-13(11-15)12-17(21)20-10-2-5-16(20)14-6-8-19-9-7-14/h1,3-4,11,14,16,19H,2,5-10,12H2/t16-/m0/s1. The van der Waals surface area contributed by atoms with Gasteiger partial charge in [0.1, 0.15) is 5.82 Å². The first-order valence-corrected chi connectivity index (χ1v) is 7.98. The molecule has 0 spiro atoms. The van der Waals surface area contributed by atoms with Crippen molar-refractivity contribution in [2.75, 3.05) is 19.6 Å². The Hall–Kier alpha value is -1.42. The maximum absolute atomic E-state index is 13.2. The van der Waals surface area contributed by atoms with E-state index in [1.54, 1.807) is 6.07 Å². The first-order chi connectivity index (χ1) is 10.2. The number of nitrogens with zero attached hydrogens (tertiary/aromatic N) is 1. The lowest BCUT2D eigenvalue weighted by atomic mass is 9.88. The van der Waals surface area contributed by atoms with Crippen molar-refractivity contribution >= 4 is 5.91 Å². The second-order valence-corrected chi connectivity index (χ2v) is 6.19. The Balaban J connectivity index is 1.65. The van der Waals surface area contributed by atoms with Gasteiger partial charge in [0.05, 0.1) is 6.42 Å². The first-order valence-electron chi connectivity index (χ1n) is 7.98. The third-order valence-corrected chi connectivity index (χ3v) is 4.79. The zero-order chi connectivity index (χ0) is 14.7. The lowest BCUT2D eigenvalue weighted by Crippen LogP contribution is -2.44. The molecule has 1 N–H and O–H groups in total. The zero-order valence-electron chi connectivity index (χ0n) is 12.4. The van der Waals surface area contributed by atoms with Gasteiger partial charge in [-0.3, -0.25) is 4.79 Å². The summed E-state index contributed by atoms with van der Waals surface area (Å²) in [5.74, 6) is 0.517. The highest BCUT2D eigenvalue weighted by Gasteiger charge is 2.34. The van der Waals surface area contributed by atoms with Crippen LogP contribution in [-0.4, -0.2) is 36.5 Å². The van der Waals surface area contributed by atoms with Crippen molar-refractivity contribution in [3.8, 4) is 0 Å². The van der Waals surface area contributed by atoms with E-state index in [1.807, 2.05) is 6.07 Å². The highest BCUT2D eigenvalue weighted by molar-refractivity contribution is 5.79. The molecule has 1 aromatic rings. The van der Waals surface area contributed by atoms with Crippen LogP contribution in [0.15, 0.2) is 24.3 Å². The molecule has 3 rings (SSSR count). The molecule has 4 heteroatoms. The van der Waals surface area contributed by atoms with E-state index < -0.39 is 0 Å². The van der Waals surface area contributed by atoms with E-state index in [9.17, 15) is 9.18 Å². The molecule has 1 aromatic carbocycles. The molecule has 0 radical (unpaired) electrons. The van der Waals surface area contributed by atoms with Crippen LogP contribution in [-0.2, 0) is 11.2 Å². The number of benzene rings is 1. The van der Waals surface area contributed by atoms with Gasteiger partial charge in [-0.15, -0.1) is 0 Å². The number of rotatable bonds is 3. The van der Waals surface area contributed by atoms with Gasteiger partial charge in [0.25, 0.3) is 0 Å². The lowest BCUT2D eigenvalue weighted by Gasteiger charge is -2.34. The number of carbonyl (C=O) groups excluding carboxylic acids is 1. The van der Waals surface area contributed by atoms with Crippen molar-refractivity contribution in [3.63, 3.8) is 0 Å². The van der Waals surface area contributed by atoms with E-state index in [1.165, 1.54) is 12.1 Å². The number of carbonyl (C=O) groups is 1. The molecule has 2 saturated heterocycles. The van der Waals surface area contributed by atoms with Crippen LogP contribution >= 0.6 is 0 Å². The number of hydrogen-bond donors (Lipinski definition) is 1. The number of nitrogens with one attached hydrogen (secondary N) is 1. The quantitative estimate of drug-likeness (QED) is 0.927. The van der Waals surface area contributed by atoms with Crippen LogP contribution in [0.5, 0.6) is 0 Å². The Labute approximate surface area is 125 Å². The maximum Gasteiger partial charge on any atom is 0.227 e. The summed E-state index contributed by atoms with van der Waals surface area (Å²) in [6.45, 7) is 2.99. The minimum Gasteiger partial charge on any atom is -0.339 e. The number of hydrogen-bond acceptors (Lipinski definition) is 2. The SMILES string of the molecule is O=C(Cc1cccc(F)c1)N1CCC[C@H]1C1CCNCC1.